The van der Waals surface area contributed by atoms with E-state index in [0.29, 0.717) is 10.9 Å². The highest BCUT2D eigenvalue weighted by atomic mass is 32.2. The third-order valence-electron chi connectivity index (χ3n) is 1.57. The zero-order valence-corrected chi connectivity index (χ0v) is 7.62. The van der Waals surface area contributed by atoms with Gasteiger partial charge in [0.25, 0.3) is 0 Å². The van der Waals surface area contributed by atoms with E-state index in [-0.39, 0.29) is 0 Å². The quantitative estimate of drug-likeness (QED) is 0.578. The fraction of sp³-hybridized carbons (Fsp3) is 1.00. The van der Waals surface area contributed by atoms with E-state index >= 15 is 0 Å². The highest BCUT2D eigenvalue weighted by molar-refractivity contribution is 8.16. The lowest BCUT2D eigenvalue weighted by atomic mass is 10.2. The molecule has 2 N–H and O–H groups in total. The van der Waals surface area contributed by atoms with Gasteiger partial charge in [-0.25, -0.2) is 0 Å². The predicted molar refractivity (Wildman–Crippen MR) is 48.5 cm³/mol. The molecule has 9 heavy (non-hydrogen) atoms. The average Bonchev–Trinajstić information content (AvgIpc) is 1.87. The molecule has 0 aromatic carbocycles. The molecular formula is C7H19NS. The predicted octanol–water partition coefficient (Wildman–Crippen LogP) is 1.23. The summed E-state index contributed by atoms with van der Waals surface area (Å²) in [6.45, 7) is 5.34. The van der Waals surface area contributed by atoms with Crippen LogP contribution in [0.15, 0.2) is 0 Å². The van der Waals surface area contributed by atoms with Crippen molar-refractivity contribution in [2.75, 3.05) is 24.3 Å². The molecule has 0 aliphatic heterocycles. The Balaban J connectivity index is 3.22. The van der Waals surface area contributed by atoms with Crippen LogP contribution in [0.5, 0.6) is 0 Å². The Labute approximate surface area is 61.4 Å². The number of thiol groups is 1. The highest BCUT2D eigenvalue weighted by Crippen LogP contribution is 2.21. The molecule has 0 rings (SSSR count). The van der Waals surface area contributed by atoms with Gasteiger partial charge in [0.05, 0.1) is 0 Å². The summed E-state index contributed by atoms with van der Waals surface area (Å²) in [5, 5.41) is 0. The summed E-state index contributed by atoms with van der Waals surface area (Å²) >= 11 is 0. The van der Waals surface area contributed by atoms with Crippen LogP contribution in [0.4, 0.5) is 0 Å². The zero-order valence-electron chi connectivity index (χ0n) is 6.72. The van der Waals surface area contributed by atoms with E-state index in [1.807, 2.05) is 0 Å². The van der Waals surface area contributed by atoms with E-state index in [9.17, 15) is 0 Å². The van der Waals surface area contributed by atoms with Gasteiger partial charge in [-0.2, -0.15) is 0 Å². The van der Waals surface area contributed by atoms with Crippen molar-refractivity contribution in [3.05, 3.63) is 0 Å². The summed E-state index contributed by atoms with van der Waals surface area (Å²) in [7, 11) is 0.296. The Morgan fingerprint density at radius 3 is 2.44 bits per heavy atom. The minimum atomic E-state index is 0.296. The van der Waals surface area contributed by atoms with E-state index in [2.05, 4.69) is 20.1 Å². The molecule has 2 unspecified atom stereocenters. The van der Waals surface area contributed by atoms with E-state index in [1.165, 1.54) is 11.5 Å². The number of hydrogen-bond donors (Lipinski definition) is 2. The molecule has 0 saturated carbocycles. The standard InChI is InChI=1S/C7H19NS/c1-4-9(3)6-7(2)5-8/h7,9H,4-6,8H2,1-3H3. The minimum Gasteiger partial charge on any atom is -0.330 e. The van der Waals surface area contributed by atoms with Crippen LogP contribution in [0.25, 0.3) is 0 Å². The molecule has 0 amide bonds. The maximum absolute atomic E-state index is 5.49. The normalized spacial score (nSPS) is 19.3. The number of hydrogen-bond acceptors (Lipinski definition) is 1. The maximum Gasteiger partial charge on any atom is -0.00443 e. The molecule has 0 aliphatic carbocycles. The average molecular weight is 149 g/mol. The van der Waals surface area contributed by atoms with Crippen molar-refractivity contribution in [3.63, 3.8) is 0 Å². The zero-order chi connectivity index (χ0) is 7.28. The Hall–Kier alpha value is 0.310. The first kappa shape index (κ1) is 9.31. The van der Waals surface area contributed by atoms with Gasteiger partial charge in [-0.05, 0) is 30.2 Å². The molecule has 0 saturated heterocycles. The monoisotopic (exact) mass is 149 g/mol. The van der Waals surface area contributed by atoms with Crippen molar-refractivity contribution < 1.29 is 0 Å². The lowest BCUT2D eigenvalue weighted by Crippen LogP contribution is -2.14. The third-order valence-corrected chi connectivity index (χ3v) is 3.89. The Kier molecular flexibility index (Phi) is 5.30. The van der Waals surface area contributed by atoms with Gasteiger partial charge in [-0.15, -0.1) is 0 Å². The smallest absolute Gasteiger partial charge is 0.00443 e. The van der Waals surface area contributed by atoms with E-state index < -0.39 is 0 Å². The number of rotatable bonds is 4. The highest BCUT2D eigenvalue weighted by Gasteiger charge is 2.00. The molecule has 0 bridgehead atoms. The van der Waals surface area contributed by atoms with Crippen molar-refractivity contribution in [1.82, 2.24) is 0 Å². The SMILES string of the molecule is CC[SH](C)CC(C)CN. The van der Waals surface area contributed by atoms with Gasteiger partial charge in [0.15, 0.2) is 0 Å². The van der Waals surface area contributed by atoms with Crippen molar-refractivity contribution in [1.29, 1.82) is 0 Å². The summed E-state index contributed by atoms with van der Waals surface area (Å²) in [5.74, 6) is 3.43. The Morgan fingerprint density at radius 1 is 1.56 bits per heavy atom. The van der Waals surface area contributed by atoms with Crippen molar-refractivity contribution in [2.45, 2.75) is 13.8 Å². The lowest BCUT2D eigenvalue weighted by Gasteiger charge is -2.17. The summed E-state index contributed by atoms with van der Waals surface area (Å²) in [6.07, 6.45) is 2.35. The van der Waals surface area contributed by atoms with Gasteiger partial charge in [-0.1, -0.05) is 13.8 Å². The van der Waals surface area contributed by atoms with Gasteiger partial charge >= 0.3 is 0 Å². The number of nitrogens with two attached hydrogens (primary N) is 1. The minimum absolute atomic E-state index is 0.296. The molecule has 2 heteroatoms. The third kappa shape index (κ3) is 4.79. The molecule has 0 heterocycles. The summed E-state index contributed by atoms with van der Waals surface area (Å²) in [4.78, 5) is 0. The van der Waals surface area contributed by atoms with Crippen LogP contribution in [0, 0.1) is 5.92 Å². The first-order valence-electron chi connectivity index (χ1n) is 3.59. The van der Waals surface area contributed by atoms with Crippen LogP contribution in [0.3, 0.4) is 0 Å². The van der Waals surface area contributed by atoms with Crippen LogP contribution in [0.1, 0.15) is 13.8 Å². The molecule has 0 aromatic heterocycles. The lowest BCUT2D eigenvalue weighted by molar-refractivity contribution is 0.674. The maximum atomic E-state index is 5.49. The van der Waals surface area contributed by atoms with E-state index in [4.69, 9.17) is 5.73 Å². The summed E-state index contributed by atoms with van der Waals surface area (Å²) in [5.41, 5.74) is 5.49. The molecular weight excluding hydrogens is 130 g/mol. The van der Waals surface area contributed by atoms with E-state index in [0.717, 1.165) is 12.5 Å². The fourth-order valence-electron chi connectivity index (χ4n) is 0.736. The van der Waals surface area contributed by atoms with E-state index in [1.54, 1.807) is 0 Å². The first-order valence-corrected chi connectivity index (χ1v) is 5.75. The van der Waals surface area contributed by atoms with Crippen molar-refractivity contribution in [2.24, 2.45) is 11.7 Å². The molecule has 0 aromatic rings. The molecule has 58 valence electrons. The van der Waals surface area contributed by atoms with Crippen LogP contribution in [0.2, 0.25) is 0 Å². The fourth-order valence-corrected chi connectivity index (χ4v) is 2.21. The second kappa shape index (κ2) is 5.12. The largest absolute Gasteiger partial charge is 0.330 e. The summed E-state index contributed by atoms with van der Waals surface area (Å²) < 4.78 is 0. The van der Waals surface area contributed by atoms with Crippen molar-refractivity contribution in [3.8, 4) is 0 Å². The topological polar surface area (TPSA) is 26.0 Å². The molecule has 1 nitrogen and oxygen atoms in total. The van der Waals surface area contributed by atoms with Crippen LogP contribution in [-0.4, -0.2) is 24.3 Å². The first-order chi connectivity index (χ1) is 4.20. The van der Waals surface area contributed by atoms with Gasteiger partial charge in [-0.3, -0.25) is 10.9 Å². The molecule has 2 atom stereocenters. The van der Waals surface area contributed by atoms with Crippen LogP contribution in [-0.2, 0) is 0 Å². The molecule has 0 aliphatic rings. The van der Waals surface area contributed by atoms with Gasteiger partial charge in [0.2, 0.25) is 0 Å². The van der Waals surface area contributed by atoms with Crippen LogP contribution < -0.4 is 5.73 Å². The van der Waals surface area contributed by atoms with Gasteiger partial charge in [0.1, 0.15) is 0 Å². The van der Waals surface area contributed by atoms with Gasteiger partial charge in [0, 0.05) is 0 Å². The van der Waals surface area contributed by atoms with Crippen molar-refractivity contribution >= 4 is 10.9 Å². The molecule has 0 radical (unpaired) electrons. The second-order valence-electron chi connectivity index (χ2n) is 2.70. The Bertz CT molecular complexity index is 57.9. The van der Waals surface area contributed by atoms with Gasteiger partial charge < -0.3 is 5.73 Å². The second-order valence-corrected chi connectivity index (χ2v) is 5.41. The Morgan fingerprint density at radius 2 is 2.11 bits per heavy atom. The van der Waals surface area contributed by atoms with Crippen LogP contribution >= 0.6 is 10.9 Å². The molecule has 0 spiro atoms. The summed E-state index contributed by atoms with van der Waals surface area (Å²) in [6, 6.07) is 0. The molecule has 0 fully saturated rings.